The number of hydrogen-bond acceptors (Lipinski definition) is 5. The second-order valence-corrected chi connectivity index (χ2v) is 7.35. The topological polar surface area (TPSA) is 77.0 Å². The SMILES string of the molecule is Cn1cc(C2CC2C(=O)N2CCCC2c2noc(C3CC3)n2)cn1. The Bertz CT molecular complexity index is 778. The standard InChI is InChI=1S/C17H21N5O2/c1-21-9-11(8-18-21)12-7-13(12)17(23)22-6-2-3-14(22)15-19-16(24-20-15)10-4-5-10/h8-10,12-14H,2-7H2,1H3. The van der Waals surface area contributed by atoms with E-state index in [1.54, 1.807) is 4.68 Å². The van der Waals surface area contributed by atoms with Crippen LogP contribution in [0.25, 0.3) is 0 Å². The second-order valence-electron chi connectivity index (χ2n) is 7.35. The highest BCUT2D eigenvalue weighted by molar-refractivity contribution is 5.83. The molecule has 24 heavy (non-hydrogen) atoms. The quantitative estimate of drug-likeness (QED) is 0.860. The first-order valence-electron chi connectivity index (χ1n) is 8.83. The number of aromatic nitrogens is 4. The maximum atomic E-state index is 12.9. The normalized spacial score (nSPS) is 29.2. The Balaban J connectivity index is 1.31. The molecule has 2 aliphatic carbocycles. The van der Waals surface area contributed by atoms with Gasteiger partial charge in [-0.15, -0.1) is 0 Å². The third-order valence-electron chi connectivity index (χ3n) is 5.48. The Hall–Kier alpha value is -2.18. The zero-order chi connectivity index (χ0) is 16.3. The zero-order valence-corrected chi connectivity index (χ0v) is 13.8. The maximum Gasteiger partial charge on any atom is 0.229 e. The van der Waals surface area contributed by atoms with Gasteiger partial charge in [0.1, 0.15) is 0 Å². The largest absolute Gasteiger partial charge is 0.339 e. The number of aryl methyl sites for hydroxylation is 1. The first-order chi connectivity index (χ1) is 11.7. The van der Waals surface area contributed by atoms with Crippen LogP contribution in [0.1, 0.15) is 67.3 Å². The van der Waals surface area contributed by atoms with Crippen LogP contribution in [0.2, 0.25) is 0 Å². The van der Waals surface area contributed by atoms with Crippen LogP contribution in [0.3, 0.4) is 0 Å². The fourth-order valence-corrected chi connectivity index (χ4v) is 3.86. The Morgan fingerprint density at radius 1 is 1.33 bits per heavy atom. The number of amides is 1. The molecule has 2 aromatic heterocycles. The maximum absolute atomic E-state index is 12.9. The Labute approximate surface area is 140 Å². The lowest BCUT2D eigenvalue weighted by Gasteiger charge is -2.22. The van der Waals surface area contributed by atoms with Crippen molar-refractivity contribution in [2.45, 2.75) is 50.0 Å². The predicted octanol–water partition coefficient (Wildman–Crippen LogP) is 2.15. The summed E-state index contributed by atoms with van der Waals surface area (Å²) in [5.41, 5.74) is 1.17. The summed E-state index contributed by atoms with van der Waals surface area (Å²) < 4.78 is 7.19. The highest BCUT2D eigenvalue weighted by Crippen LogP contribution is 2.50. The number of likely N-dealkylation sites (tertiary alicyclic amines) is 1. The van der Waals surface area contributed by atoms with Gasteiger partial charge in [-0.2, -0.15) is 10.1 Å². The molecule has 3 aliphatic rings. The number of nitrogens with zero attached hydrogens (tertiary/aromatic N) is 5. The van der Waals surface area contributed by atoms with Gasteiger partial charge in [-0.05, 0) is 43.6 Å². The Kier molecular flexibility index (Phi) is 3.05. The van der Waals surface area contributed by atoms with Gasteiger partial charge in [0.15, 0.2) is 5.82 Å². The monoisotopic (exact) mass is 327 g/mol. The van der Waals surface area contributed by atoms with Gasteiger partial charge in [0.2, 0.25) is 11.8 Å². The number of carbonyl (C=O) groups excluding carboxylic acids is 1. The van der Waals surface area contributed by atoms with Gasteiger partial charge in [0, 0.05) is 31.6 Å². The highest BCUT2D eigenvalue weighted by Gasteiger charge is 2.49. The van der Waals surface area contributed by atoms with E-state index in [4.69, 9.17) is 4.52 Å². The van der Waals surface area contributed by atoms with Gasteiger partial charge in [0.25, 0.3) is 0 Å². The second kappa shape index (κ2) is 5.16. The molecule has 2 saturated carbocycles. The van der Waals surface area contributed by atoms with Gasteiger partial charge >= 0.3 is 0 Å². The van der Waals surface area contributed by atoms with Crippen molar-refractivity contribution >= 4 is 5.91 Å². The molecule has 0 bridgehead atoms. The van der Waals surface area contributed by atoms with Crippen LogP contribution in [0.15, 0.2) is 16.9 Å². The molecule has 126 valence electrons. The van der Waals surface area contributed by atoms with Crippen molar-refractivity contribution in [2.75, 3.05) is 6.54 Å². The van der Waals surface area contributed by atoms with Crippen molar-refractivity contribution in [3.63, 3.8) is 0 Å². The van der Waals surface area contributed by atoms with Crippen molar-refractivity contribution < 1.29 is 9.32 Å². The molecule has 0 N–H and O–H groups in total. The van der Waals surface area contributed by atoms with Crippen molar-refractivity contribution in [2.24, 2.45) is 13.0 Å². The summed E-state index contributed by atoms with van der Waals surface area (Å²) in [6.45, 7) is 0.799. The molecule has 5 rings (SSSR count). The Morgan fingerprint density at radius 2 is 2.21 bits per heavy atom. The van der Waals surface area contributed by atoms with E-state index in [2.05, 4.69) is 15.2 Å². The van der Waals surface area contributed by atoms with Crippen LogP contribution in [0.4, 0.5) is 0 Å². The van der Waals surface area contributed by atoms with E-state index < -0.39 is 0 Å². The molecule has 1 amide bonds. The lowest BCUT2D eigenvalue weighted by Crippen LogP contribution is -2.32. The molecule has 7 heteroatoms. The summed E-state index contributed by atoms with van der Waals surface area (Å²) in [6, 6.07) is -0.0103. The van der Waals surface area contributed by atoms with Crippen LogP contribution in [0.5, 0.6) is 0 Å². The van der Waals surface area contributed by atoms with Crippen LogP contribution in [0, 0.1) is 5.92 Å². The van der Waals surface area contributed by atoms with E-state index in [0.29, 0.717) is 17.7 Å². The van der Waals surface area contributed by atoms with Gasteiger partial charge in [-0.1, -0.05) is 5.16 Å². The molecule has 3 heterocycles. The molecule has 3 fully saturated rings. The fourth-order valence-electron chi connectivity index (χ4n) is 3.86. The average molecular weight is 327 g/mol. The number of carbonyl (C=O) groups is 1. The summed E-state index contributed by atoms with van der Waals surface area (Å²) in [4.78, 5) is 19.5. The number of hydrogen-bond donors (Lipinski definition) is 0. The lowest BCUT2D eigenvalue weighted by molar-refractivity contribution is -0.133. The molecule has 1 saturated heterocycles. The molecule has 0 spiro atoms. The van der Waals surface area contributed by atoms with Crippen molar-refractivity contribution in [1.29, 1.82) is 0 Å². The summed E-state index contributed by atoms with van der Waals surface area (Å²) in [6.07, 6.45) is 9.04. The first kappa shape index (κ1) is 14.2. The molecule has 0 radical (unpaired) electrons. The lowest BCUT2D eigenvalue weighted by atomic mass is 10.1. The minimum atomic E-state index is -0.0103. The van der Waals surface area contributed by atoms with Crippen LogP contribution in [-0.4, -0.2) is 37.3 Å². The minimum Gasteiger partial charge on any atom is -0.339 e. The van der Waals surface area contributed by atoms with Crippen LogP contribution in [-0.2, 0) is 11.8 Å². The van der Waals surface area contributed by atoms with E-state index in [1.807, 2.05) is 24.3 Å². The van der Waals surface area contributed by atoms with E-state index in [9.17, 15) is 4.79 Å². The zero-order valence-electron chi connectivity index (χ0n) is 13.8. The van der Waals surface area contributed by atoms with E-state index >= 15 is 0 Å². The van der Waals surface area contributed by atoms with E-state index in [-0.39, 0.29) is 17.9 Å². The Morgan fingerprint density at radius 3 is 2.96 bits per heavy atom. The summed E-state index contributed by atoms with van der Waals surface area (Å²) in [7, 11) is 1.91. The molecule has 3 atom stereocenters. The van der Waals surface area contributed by atoms with Crippen LogP contribution < -0.4 is 0 Å². The molecule has 0 aromatic carbocycles. The van der Waals surface area contributed by atoms with Crippen LogP contribution >= 0.6 is 0 Å². The molecule has 3 unspecified atom stereocenters. The third kappa shape index (κ3) is 2.34. The van der Waals surface area contributed by atoms with Gasteiger partial charge in [-0.25, -0.2) is 0 Å². The summed E-state index contributed by atoms with van der Waals surface area (Å²) in [5, 5.41) is 8.38. The first-order valence-corrected chi connectivity index (χ1v) is 8.83. The fraction of sp³-hybridized carbons (Fsp3) is 0.647. The predicted molar refractivity (Wildman–Crippen MR) is 84.0 cm³/mol. The van der Waals surface area contributed by atoms with Crippen molar-refractivity contribution in [1.82, 2.24) is 24.8 Å². The molecule has 2 aromatic rings. The average Bonchev–Trinajstić information content (AvgIpc) is 3.42. The van der Waals surface area contributed by atoms with Gasteiger partial charge < -0.3 is 9.42 Å². The minimum absolute atomic E-state index is 0.0103. The molecule has 1 aliphatic heterocycles. The molecular formula is C17H21N5O2. The summed E-state index contributed by atoms with van der Waals surface area (Å²) >= 11 is 0. The van der Waals surface area contributed by atoms with Gasteiger partial charge in [-0.3, -0.25) is 9.48 Å². The van der Waals surface area contributed by atoms with Crippen molar-refractivity contribution in [3.8, 4) is 0 Å². The smallest absolute Gasteiger partial charge is 0.229 e. The van der Waals surface area contributed by atoms with Gasteiger partial charge in [0.05, 0.1) is 12.2 Å². The van der Waals surface area contributed by atoms with E-state index in [0.717, 1.165) is 44.5 Å². The van der Waals surface area contributed by atoms with E-state index in [1.165, 1.54) is 5.56 Å². The molecule has 7 nitrogen and oxygen atoms in total. The molecular weight excluding hydrogens is 306 g/mol. The third-order valence-corrected chi connectivity index (χ3v) is 5.48. The van der Waals surface area contributed by atoms with Crippen molar-refractivity contribution in [3.05, 3.63) is 29.7 Å². The highest BCUT2D eigenvalue weighted by atomic mass is 16.5. The number of rotatable bonds is 4. The summed E-state index contributed by atoms with van der Waals surface area (Å²) in [5.74, 6) is 2.55.